The van der Waals surface area contributed by atoms with Crippen LogP contribution in [0.3, 0.4) is 0 Å². The van der Waals surface area contributed by atoms with Crippen LogP contribution in [0.25, 0.3) is 22.3 Å². The summed E-state index contributed by atoms with van der Waals surface area (Å²) >= 11 is 6.04. The maximum atomic E-state index is 14.5. The molecule has 0 fully saturated rings. The summed E-state index contributed by atoms with van der Waals surface area (Å²) in [7, 11) is 2.64. The number of carbonyl (C=O) groups excluding carboxylic acids is 7. The molecule has 5 atom stereocenters. The molecule has 0 saturated carbocycles. The zero-order valence-electron chi connectivity index (χ0n) is 34.7. The molecule has 6 amide bonds. The Balaban J connectivity index is 1.49. The fourth-order valence-corrected chi connectivity index (χ4v) is 7.16. The second-order valence-corrected chi connectivity index (χ2v) is 15.5. The molecule has 0 radical (unpaired) electrons. The maximum Gasteiger partial charge on any atom is 0.289 e. The first-order valence-corrected chi connectivity index (χ1v) is 20.4. The summed E-state index contributed by atoms with van der Waals surface area (Å²) < 4.78 is 0. The fourth-order valence-electron chi connectivity index (χ4n) is 7.04. The minimum Gasteiger partial charge on any atom is -0.507 e. The number of nitrogens with one attached hydrogen (secondary N) is 5. The molecule has 4 aromatic rings. The Morgan fingerprint density at radius 1 is 0.839 bits per heavy atom. The molecule has 326 valence electrons. The maximum absolute atomic E-state index is 14.5. The predicted octanol–water partition coefficient (Wildman–Crippen LogP) is 2.88. The van der Waals surface area contributed by atoms with Gasteiger partial charge in [0.1, 0.15) is 35.7 Å². The molecule has 17 heteroatoms. The summed E-state index contributed by atoms with van der Waals surface area (Å²) in [6.07, 6.45) is 0.996. The van der Waals surface area contributed by atoms with E-state index < -0.39 is 71.4 Å². The molecule has 1 heterocycles. The largest absolute Gasteiger partial charge is 0.507 e. The smallest absolute Gasteiger partial charge is 0.289 e. The highest BCUT2D eigenvalue weighted by atomic mass is 35.5. The number of unbranched alkanes of at least 4 members (excludes halogenated alkanes) is 1. The van der Waals surface area contributed by atoms with Crippen LogP contribution >= 0.6 is 11.6 Å². The van der Waals surface area contributed by atoms with Crippen LogP contribution < -0.4 is 32.3 Å². The van der Waals surface area contributed by atoms with E-state index in [0.717, 1.165) is 16.0 Å². The third-order valence-corrected chi connectivity index (χ3v) is 10.8. The lowest BCUT2D eigenvalue weighted by atomic mass is 9.93. The lowest BCUT2D eigenvalue weighted by Gasteiger charge is -2.32. The Bertz CT molecular complexity index is 2340. The summed E-state index contributed by atoms with van der Waals surface area (Å²) in [6, 6.07) is 16.0. The Hall–Kier alpha value is -6.78. The van der Waals surface area contributed by atoms with E-state index in [4.69, 9.17) is 17.3 Å². The van der Waals surface area contributed by atoms with E-state index in [1.54, 1.807) is 36.4 Å². The summed E-state index contributed by atoms with van der Waals surface area (Å²) in [6.45, 7) is 3.02. The predicted molar refractivity (Wildman–Crippen MR) is 232 cm³/mol. The van der Waals surface area contributed by atoms with E-state index >= 15 is 0 Å². The molecule has 0 spiro atoms. The number of amides is 6. The van der Waals surface area contributed by atoms with E-state index in [-0.39, 0.29) is 46.6 Å². The quantitative estimate of drug-likeness (QED) is 0.0721. The average Bonchev–Trinajstić information content (AvgIpc) is 3.26. The molecule has 0 aromatic heterocycles. The zero-order chi connectivity index (χ0) is 45.2. The van der Waals surface area contributed by atoms with Gasteiger partial charge in [0, 0.05) is 42.2 Å². The Kier molecular flexibility index (Phi) is 15.4. The van der Waals surface area contributed by atoms with Crippen molar-refractivity contribution in [2.24, 2.45) is 5.73 Å². The van der Waals surface area contributed by atoms with Crippen LogP contribution in [0.1, 0.15) is 60.6 Å². The van der Waals surface area contributed by atoms with Crippen molar-refractivity contribution in [1.82, 2.24) is 31.5 Å². The number of hydrogen-bond acceptors (Lipinski definition) is 10. The van der Waals surface area contributed by atoms with Gasteiger partial charge in [0.25, 0.3) is 11.8 Å². The van der Waals surface area contributed by atoms with Crippen LogP contribution in [0, 0.1) is 0 Å². The SMILES string of the molecule is CNC(=O)C(=O)[C@H](C)NC(=O)[C@@H]1Cc2ccc(O)c(c2)-c2cc(ccc2O)[C@H](N(C)C(=O)[C@H](CCCCN)NC(=O)c2ccc(-c3ccc(Cl)cc3)cc2)C(=O)N[C@@H](C)C(=O)N1. The normalized spacial score (nSPS) is 17.2. The topological polar surface area (TPSA) is 249 Å². The standard InChI is InChI=1S/C45H50ClN7O9/c1-24(39(56)44(61)48-3)49-42(59)35-22-26-8-18-36(54)32(21-26)33-23-30(15-19-37(33)55)38(43(60)50-25(2)40(57)52-35)53(4)45(62)34(7-5-6-20-47)51-41(58)29-11-9-27(10-12-29)28-13-16-31(46)17-14-28/h8-19,21,23-25,34-35,38,54-55H,5-7,20,22,47H2,1-4H3,(H,48,61)(H,49,59)(H,50,60)(H,51,58)(H,52,57)/t24-,25-,34-,35-,38-/m0/s1. The molecule has 0 saturated heterocycles. The first-order chi connectivity index (χ1) is 29.5. The summed E-state index contributed by atoms with van der Waals surface area (Å²) in [5.41, 5.74) is 8.56. The van der Waals surface area contributed by atoms with Gasteiger partial charge in [-0.15, -0.1) is 0 Å². The number of rotatable bonds is 13. The number of phenolic OH excluding ortho intramolecular Hbond substituents is 2. The molecular weight excluding hydrogens is 818 g/mol. The lowest BCUT2D eigenvalue weighted by molar-refractivity contribution is -0.142. The van der Waals surface area contributed by atoms with Crippen LogP contribution in [0.4, 0.5) is 0 Å². The lowest BCUT2D eigenvalue weighted by Crippen LogP contribution is -2.57. The van der Waals surface area contributed by atoms with Crippen molar-refractivity contribution in [2.75, 3.05) is 20.6 Å². The number of aromatic hydroxyl groups is 2. The fraction of sp³-hybridized carbons (Fsp3) is 0.311. The van der Waals surface area contributed by atoms with Gasteiger partial charge in [0.05, 0.1) is 6.04 Å². The Morgan fingerprint density at radius 3 is 2.08 bits per heavy atom. The third-order valence-electron chi connectivity index (χ3n) is 10.6. The van der Waals surface area contributed by atoms with E-state index in [1.807, 2.05) is 12.1 Å². The number of carbonyl (C=O) groups is 7. The molecule has 62 heavy (non-hydrogen) atoms. The second-order valence-electron chi connectivity index (χ2n) is 15.0. The van der Waals surface area contributed by atoms with Crippen LogP contribution in [-0.4, -0.2) is 101 Å². The number of hydrogen-bond donors (Lipinski definition) is 8. The Labute approximate surface area is 363 Å². The van der Waals surface area contributed by atoms with Gasteiger partial charge in [-0.1, -0.05) is 48.0 Å². The molecule has 1 aliphatic heterocycles. The Morgan fingerprint density at radius 2 is 1.45 bits per heavy atom. The first-order valence-electron chi connectivity index (χ1n) is 20.0. The van der Waals surface area contributed by atoms with Crippen molar-refractivity contribution in [3.8, 4) is 33.8 Å². The van der Waals surface area contributed by atoms with Gasteiger partial charge < -0.3 is 47.4 Å². The van der Waals surface area contributed by atoms with Crippen molar-refractivity contribution in [1.29, 1.82) is 0 Å². The number of phenols is 2. The average molecular weight is 868 g/mol. The molecule has 1 aliphatic rings. The monoisotopic (exact) mass is 867 g/mol. The molecule has 0 aliphatic carbocycles. The van der Waals surface area contributed by atoms with Gasteiger partial charge in [0.2, 0.25) is 29.4 Å². The van der Waals surface area contributed by atoms with Crippen molar-refractivity contribution < 1.29 is 43.8 Å². The minimum atomic E-state index is -1.46. The molecule has 4 bridgehead atoms. The van der Waals surface area contributed by atoms with Gasteiger partial charge in [-0.2, -0.15) is 0 Å². The highest BCUT2D eigenvalue weighted by Crippen LogP contribution is 2.39. The number of likely N-dealkylation sites (N-methyl/N-ethyl adjacent to an activating group) is 2. The van der Waals surface area contributed by atoms with Crippen LogP contribution in [-0.2, 0) is 35.2 Å². The van der Waals surface area contributed by atoms with Crippen LogP contribution in [0.5, 0.6) is 11.5 Å². The van der Waals surface area contributed by atoms with Gasteiger partial charge in [-0.3, -0.25) is 33.6 Å². The van der Waals surface area contributed by atoms with Gasteiger partial charge in [-0.05, 0) is 110 Å². The van der Waals surface area contributed by atoms with Gasteiger partial charge in [0.15, 0.2) is 0 Å². The molecular formula is C45H50ClN7O9. The summed E-state index contributed by atoms with van der Waals surface area (Å²) in [4.78, 5) is 95.5. The zero-order valence-corrected chi connectivity index (χ0v) is 35.4. The van der Waals surface area contributed by atoms with Gasteiger partial charge >= 0.3 is 0 Å². The number of halogens is 1. The van der Waals surface area contributed by atoms with E-state index in [9.17, 15) is 43.8 Å². The first kappa shape index (κ1) is 46.3. The highest BCUT2D eigenvalue weighted by Gasteiger charge is 2.36. The number of fused-ring (bicyclic) bond motifs is 5. The minimum absolute atomic E-state index is 0.0790. The van der Waals surface area contributed by atoms with Crippen LogP contribution in [0.15, 0.2) is 84.9 Å². The van der Waals surface area contributed by atoms with Crippen LogP contribution in [0.2, 0.25) is 5.02 Å². The molecule has 5 rings (SSSR count). The summed E-state index contributed by atoms with van der Waals surface area (Å²) in [5.74, 6) is -6.05. The number of Topliss-reactive ketones (excluding diaryl/α,β-unsaturated/α-hetero) is 1. The molecule has 16 nitrogen and oxygen atoms in total. The number of nitrogens with two attached hydrogens (primary N) is 1. The molecule has 9 N–H and O–H groups in total. The highest BCUT2D eigenvalue weighted by molar-refractivity contribution is 6.38. The van der Waals surface area contributed by atoms with E-state index in [1.165, 1.54) is 64.3 Å². The number of benzene rings is 4. The van der Waals surface area contributed by atoms with Gasteiger partial charge in [-0.25, -0.2) is 0 Å². The second kappa shape index (κ2) is 20.7. The van der Waals surface area contributed by atoms with E-state index in [0.29, 0.717) is 30.0 Å². The molecule has 0 unspecified atom stereocenters. The molecule has 4 aromatic carbocycles. The van der Waals surface area contributed by atoms with Crippen molar-refractivity contribution in [2.45, 2.75) is 69.7 Å². The van der Waals surface area contributed by atoms with Crippen molar-refractivity contribution in [3.05, 3.63) is 107 Å². The third kappa shape index (κ3) is 11.1. The number of ketones is 1. The van der Waals surface area contributed by atoms with E-state index in [2.05, 4.69) is 26.6 Å². The van der Waals surface area contributed by atoms with Crippen molar-refractivity contribution in [3.63, 3.8) is 0 Å². The number of nitrogens with zero attached hydrogens (tertiary/aromatic N) is 1. The van der Waals surface area contributed by atoms with Crippen molar-refractivity contribution >= 4 is 52.8 Å². The summed E-state index contributed by atoms with van der Waals surface area (Å²) in [5, 5.41) is 35.5.